The molecule has 1 amide bonds. The van der Waals surface area contributed by atoms with Gasteiger partial charge in [-0.15, -0.1) is 0 Å². The Morgan fingerprint density at radius 3 is 2.77 bits per heavy atom. The standard InChI is InChI=1S/C18H26FN3O3S/c1-13(23)21-9-7-18(17-6-5-15(19)10-14(17)12-21)20-11-16-4-3-8-22(16)26(2,24)25/h5-6,10,16,18,20H,3-4,7-9,11-12H2,1-2H3/t16-,18+/m1/s1. The molecule has 0 spiro atoms. The summed E-state index contributed by atoms with van der Waals surface area (Å²) in [6, 6.07) is 4.62. The van der Waals surface area contributed by atoms with Crippen molar-refractivity contribution in [2.75, 3.05) is 25.9 Å². The molecule has 2 atom stereocenters. The molecule has 8 heteroatoms. The van der Waals surface area contributed by atoms with E-state index in [9.17, 15) is 17.6 Å². The zero-order valence-electron chi connectivity index (χ0n) is 15.2. The van der Waals surface area contributed by atoms with Crippen molar-refractivity contribution < 1.29 is 17.6 Å². The van der Waals surface area contributed by atoms with Crippen LogP contribution in [0.1, 0.15) is 43.4 Å². The topological polar surface area (TPSA) is 69.7 Å². The highest BCUT2D eigenvalue weighted by Gasteiger charge is 2.32. The number of hydrogen-bond acceptors (Lipinski definition) is 4. The van der Waals surface area contributed by atoms with Gasteiger partial charge in [-0.25, -0.2) is 12.8 Å². The van der Waals surface area contributed by atoms with E-state index in [4.69, 9.17) is 0 Å². The Kier molecular flexibility index (Phi) is 5.64. The van der Waals surface area contributed by atoms with E-state index >= 15 is 0 Å². The summed E-state index contributed by atoms with van der Waals surface area (Å²) in [5.74, 6) is -0.341. The van der Waals surface area contributed by atoms with Crippen LogP contribution >= 0.6 is 0 Å². The van der Waals surface area contributed by atoms with Crippen LogP contribution in [-0.2, 0) is 21.4 Å². The third-order valence-corrected chi connectivity index (χ3v) is 6.66. The van der Waals surface area contributed by atoms with E-state index in [0.717, 1.165) is 24.0 Å². The van der Waals surface area contributed by atoms with Gasteiger partial charge in [0.2, 0.25) is 15.9 Å². The largest absolute Gasteiger partial charge is 0.339 e. The van der Waals surface area contributed by atoms with Gasteiger partial charge in [-0.3, -0.25) is 4.79 Å². The van der Waals surface area contributed by atoms with Crippen LogP contribution in [0.2, 0.25) is 0 Å². The predicted molar refractivity (Wildman–Crippen MR) is 97.4 cm³/mol. The lowest BCUT2D eigenvalue weighted by Crippen LogP contribution is -2.42. The summed E-state index contributed by atoms with van der Waals surface area (Å²) in [6.07, 6.45) is 3.66. The van der Waals surface area contributed by atoms with Gasteiger partial charge in [-0.05, 0) is 42.5 Å². The molecule has 0 aliphatic carbocycles. The summed E-state index contributed by atoms with van der Waals surface area (Å²) in [7, 11) is -3.21. The normalized spacial score (nSPS) is 24.3. The van der Waals surface area contributed by atoms with Crippen LogP contribution in [0.4, 0.5) is 4.39 Å². The van der Waals surface area contributed by atoms with Crippen LogP contribution in [0.5, 0.6) is 0 Å². The average molecular weight is 383 g/mol. The number of sulfonamides is 1. The summed E-state index contributed by atoms with van der Waals surface area (Å²) in [4.78, 5) is 13.5. The molecule has 2 heterocycles. The molecule has 0 bridgehead atoms. The van der Waals surface area contributed by atoms with E-state index in [1.165, 1.54) is 25.3 Å². The number of carbonyl (C=O) groups excluding carboxylic acids is 1. The van der Waals surface area contributed by atoms with Gasteiger partial charge in [0.25, 0.3) is 0 Å². The lowest BCUT2D eigenvalue weighted by molar-refractivity contribution is -0.129. The Morgan fingerprint density at radius 1 is 1.31 bits per heavy atom. The Labute approximate surface area is 154 Å². The summed E-state index contributed by atoms with van der Waals surface area (Å²) in [6.45, 7) is 3.63. The maximum atomic E-state index is 13.7. The molecule has 1 N–H and O–H groups in total. The predicted octanol–water partition coefficient (Wildman–Crippen LogP) is 1.63. The van der Waals surface area contributed by atoms with Gasteiger partial charge in [0.1, 0.15) is 5.82 Å². The van der Waals surface area contributed by atoms with Gasteiger partial charge in [-0.1, -0.05) is 6.07 Å². The van der Waals surface area contributed by atoms with Crippen molar-refractivity contribution in [3.63, 3.8) is 0 Å². The highest BCUT2D eigenvalue weighted by Crippen LogP contribution is 2.28. The zero-order chi connectivity index (χ0) is 18.9. The highest BCUT2D eigenvalue weighted by molar-refractivity contribution is 7.88. The van der Waals surface area contributed by atoms with Crippen LogP contribution < -0.4 is 5.32 Å². The van der Waals surface area contributed by atoms with Crippen LogP contribution in [0.3, 0.4) is 0 Å². The fourth-order valence-corrected chi connectivity index (χ4v) is 5.17. The first-order valence-corrected chi connectivity index (χ1v) is 10.8. The van der Waals surface area contributed by atoms with Crippen molar-refractivity contribution in [3.05, 3.63) is 35.1 Å². The molecule has 0 saturated carbocycles. The van der Waals surface area contributed by atoms with E-state index < -0.39 is 10.0 Å². The highest BCUT2D eigenvalue weighted by atomic mass is 32.2. The Hall–Kier alpha value is -1.51. The molecular formula is C18H26FN3O3S. The second-order valence-corrected chi connectivity index (χ2v) is 9.14. The zero-order valence-corrected chi connectivity index (χ0v) is 16.1. The fourth-order valence-electron chi connectivity index (χ4n) is 3.99. The number of nitrogens with zero attached hydrogens (tertiary/aromatic N) is 2. The van der Waals surface area contributed by atoms with Crippen molar-refractivity contribution in [2.24, 2.45) is 0 Å². The van der Waals surface area contributed by atoms with Crippen LogP contribution in [-0.4, -0.2) is 55.5 Å². The lowest BCUT2D eigenvalue weighted by atomic mass is 9.99. The van der Waals surface area contributed by atoms with Gasteiger partial charge < -0.3 is 10.2 Å². The number of rotatable bonds is 4. The minimum Gasteiger partial charge on any atom is -0.339 e. The third-order valence-electron chi connectivity index (χ3n) is 5.32. The van der Waals surface area contributed by atoms with E-state index in [1.807, 2.05) is 0 Å². The van der Waals surface area contributed by atoms with Crippen molar-refractivity contribution in [1.82, 2.24) is 14.5 Å². The molecule has 2 aliphatic rings. The Balaban J connectivity index is 1.77. The molecule has 0 aromatic heterocycles. The van der Waals surface area contributed by atoms with Crippen LogP contribution in [0, 0.1) is 5.82 Å². The first-order valence-electron chi connectivity index (χ1n) is 8.99. The monoisotopic (exact) mass is 383 g/mol. The number of nitrogens with one attached hydrogen (secondary N) is 1. The first-order chi connectivity index (χ1) is 12.3. The summed E-state index contributed by atoms with van der Waals surface area (Å²) < 4.78 is 39.1. The number of benzene rings is 1. The molecule has 1 aromatic carbocycles. The molecule has 1 fully saturated rings. The summed E-state index contributed by atoms with van der Waals surface area (Å²) >= 11 is 0. The van der Waals surface area contributed by atoms with Crippen molar-refractivity contribution in [2.45, 2.75) is 44.8 Å². The first kappa shape index (κ1) is 19.3. The average Bonchev–Trinajstić information content (AvgIpc) is 2.95. The van der Waals surface area contributed by atoms with Gasteiger partial charge >= 0.3 is 0 Å². The second-order valence-electron chi connectivity index (χ2n) is 7.20. The van der Waals surface area contributed by atoms with Crippen molar-refractivity contribution in [1.29, 1.82) is 0 Å². The third kappa shape index (κ3) is 4.24. The van der Waals surface area contributed by atoms with Crippen LogP contribution in [0.15, 0.2) is 18.2 Å². The van der Waals surface area contributed by atoms with E-state index in [2.05, 4.69) is 5.32 Å². The molecule has 3 rings (SSSR count). The Bertz CT molecular complexity index is 784. The van der Waals surface area contributed by atoms with Gasteiger partial charge in [0.15, 0.2) is 0 Å². The minimum atomic E-state index is -3.21. The molecular weight excluding hydrogens is 357 g/mol. The van der Waals surface area contributed by atoms with Crippen molar-refractivity contribution >= 4 is 15.9 Å². The maximum Gasteiger partial charge on any atom is 0.219 e. The smallest absolute Gasteiger partial charge is 0.219 e. The molecule has 6 nitrogen and oxygen atoms in total. The van der Waals surface area contributed by atoms with E-state index in [0.29, 0.717) is 32.6 Å². The number of fused-ring (bicyclic) bond motifs is 1. The summed E-state index contributed by atoms with van der Waals surface area (Å²) in [5.41, 5.74) is 1.79. The van der Waals surface area contributed by atoms with Gasteiger partial charge in [0.05, 0.1) is 6.26 Å². The fraction of sp³-hybridized carbons (Fsp3) is 0.611. The van der Waals surface area contributed by atoms with Gasteiger partial charge in [-0.2, -0.15) is 4.31 Å². The lowest BCUT2D eigenvalue weighted by Gasteiger charge is -2.26. The molecule has 0 unspecified atom stereocenters. The maximum absolute atomic E-state index is 13.7. The molecule has 1 aromatic rings. The van der Waals surface area contributed by atoms with Crippen LogP contribution in [0.25, 0.3) is 0 Å². The van der Waals surface area contributed by atoms with Gasteiger partial charge in [0, 0.05) is 45.2 Å². The molecule has 1 saturated heterocycles. The number of halogens is 1. The van der Waals surface area contributed by atoms with E-state index in [1.54, 1.807) is 15.3 Å². The summed E-state index contributed by atoms with van der Waals surface area (Å²) in [5, 5.41) is 3.47. The number of hydrogen-bond donors (Lipinski definition) is 1. The molecule has 0 radical (unpaired) electrons. The Morgan fingerprint density at radius 2 is 2.08 bits per heavy atom. The number of amides is 1. The minimum absolute atomic E-state index is 0.0279. The molecule has 144 valence electrons. The second kappa shape index (κ2) is 7.62. The quantitative estimate of drug-likeness (QED) is 0.858. The number of carbonyl (C=O) groups is 1. The molecule has 26 heavy (non-hydrogen) atoms. The van der Waals surface area contributed by atoms with E-state index in [-0.39, 0.29) is 23.8 Å². The molecule has 2 aliphatic heterocycles. The SMILES string of the molecule is CC(=O)N1CC[C@H](NC[C@H]2CCCN2S(C)(=O)=O)c2ccc(F)cc2C1. The van der Waals surface area contributed by atoms with Crippen molar-refractivity contribution in [3.8, 4) is 0 Å².